The van der Waals surface area contributed by atoms with Gasteiger partial charge in [0.05, 0.1) is 6.54 Å². The maximum absolute atomic E-state index is 11.1. The molecule has 1 N–H and O–H groups in total. The summed E-state index contributed by atoms with van der Waals surface area (Å²) in [7, 11) is 0. The summed E-state index contributed by atoms with van der Waals surface area (Å²) in [4.78, 5) is 13.3. The first-order chi connectivity index (χ1) is 9.16. The van der Waals surface area contributed by atoms with Crippen LogP contribution in [-0.4, -0.2) is 34.6 Å². The summed E-state index contributed by atoms with van der Waals surface area (Å²) in [6.45, 7) is 2.31. The van der Waals surface area contributed by atoms with Crippen molar-refractivity contribution in [3.8, 4) is 0 Å². The van der Waals surface area contributed by atoms with E-state index in [9.17, 15) is 4.79 Å². The van der Waals surface area contributed by atoms with E-state index in [2.05, 4.69) is 24.0 Å². The van der Waals surface area contributed by atoms with Gasteiger partial charge in [-0.3, -0.25) is 9.69 Å². The summed E-state index contributed by atoms with van der Waals surface area (Å²) < 4.78 is 0. The number of carboxylic acids is 1. The predicted molar refractivity (Wildman–Crippen MR) is 76.2 cm³/mol. The van der Waals surface area contributed by atoms with Gasteiger partial charge in [0.25, 0.3) is 0 Å². The van der Waals surface area contributed by atoms with E-state index in [1.54, 1.807) is 0 Å². The van der Waals surface area contributed by atoms with Crippen molar-refractivity contribution in [1.29, 1.82) is 0 Å². The first-order valence-corrected chi connectivity index (χ1v) is 7.18. The number of rotatable bonds is 6. The van der Waals surface area contributed by atoms with Crippen molar-refractivity contribution >= 4 is 5.97 Å². The summed E-state index contributed by atoms with van der Waals surface area (Å²) in [6, 6.07) is 11.1. The number of aliphatic carboxylic acids is 1. The summed E-state index contributed by atoms with van der Waals surface area (Å²) >= 11 is 0. The molecule has 1 aromatic carbocycles. The lowest BCUT2D eigenvalue weighted by Crippen LogP contribution is -2.44. The third-order valence-corrected chi connectivity index (χ3v) is 4.05. The van der Waals surface area contributed by atoms with Crippen molar-refractivity contribution in [2.45, 2.75) is 51.1 Å². The Labute approximate surface area is 115 Å². The molecule has 3 heteroatoms. The lowest BCUT2D eigenvalue weighted by atomic mass is 10.0. The standard InChI is InChI=1S/C16H23NO2/c1-13(11-14-7-3-2-4-8-14)17(12-16(18)19)15-9-5-6-10-15/h2-4,7-8,13,15H,5-6,9-12H2,1H3,(H,18,19). The van der Waals surface area contributed by atoms with Crippen molar-refractivity contribution in [3.63, 3.8) is 0 Å². The van der Waals surface area contributed by atoms with Crippen LogP contribution in [0.2, 0.25) is 0 Å². The number of hydrogen-bond acceptors (Lipinski definition) is 2. The Morgan fingerprint density at radius 2 is 1.95 bits per heavy atom. The summed E-state index contributed by atoms with van der Waals surface area (Å²) in [5.41, 5.74) is 1.28. The van der Waals surface area contributed by atoms with Crippen LogP contribution >= 0.6 is 0 Å². The first kappa shape index (κ1) is 14.1. The fraction of sp³-hybridized carbons (Fsp3) is 0.562. The molecule has 1 aliphatic rings. The molecule has 0 aromatic heterocycles. The second kappa shape index (κ2) is 6.71. The van der Waals surface area contributed by atoms with Gasteiger partial charge in [-0.1, -0.05) is 43.2 Å². The molecule has 3 nitrogen and oxygen atoms in total. The molecule has 1 saturated carbocycles. The van der Waals surface area contributed by atoms with Crippen LogP contribution in [0, 0.1) is 0 Å². The van der Waals surface area contributed by atoms with E-state index in [1.165, 1.54) is 18.4 Å². The first-order valence-electron chi connectivity index (χ1n) is 7.18. The number of benzene rings is 1. The molecule has 0 radical (unpaired) electrons. The Morgan fingerprint density at radius 1 is 1.32 bits per heavy atom. The van der Waals surface area contributed by atoms with Crippen molar-refractivity contribution < 1.29 is 9.90 Å². The number of hydrogen-bond donors (Lipinski definition) is 1. The zero-order valence-corrected chi connectivity index (χ0v) is 11.6. The van der Waals surface area contributed by atoms with Crippen LogP contribution in [0.3, 0.4) is 0 Å². The van der Waals surface area contributed by atoms with Crippen LogP contribution in [0.25, 0.3) is 0 Å². The molecule has 0 spiro atoms. The van der Waals surface area contributed by atoms with Gasteiger partial charge in [-0.25, -0.2) is 0 Å². The quantitative estimate of drug-likeness (QED) is 0.856. The second-order valence-corrected chi connectivity index (χ2v) is 5.54. The Bertz CT molecular complexity index is 398. The average molecular weight is 261 g/mol. The van der Waals surface area contributed by atoms with Gasteiger partial charge in [-0.05, 0) is 31.7 Å². The van der Waals surface area contributed by atoms with Gasteiger partial charge < -0.3 is 5.11 Å². The molecular weight excluding hydrogens is 238 g/mol. The molecule has 19 heavy (non-hydrogen) atoms. The zero-order chi connectivity index (χ0) is 13.7. The Hall–Kier alpha value is -1.35. The van der Waals surface area contributed by atoms with E-state index < -0.39 is 5.97 Å². The molecule has 1 atom stereocenters. The fourth-order valence-electron chi connectivity index (χ4n) is 3.11. The average Bonchev–Trinajstić information content (AvgIpc) is 2.90. The monoisotopic (exact) mass is 261 g/mol. The van der Waals surface area contributed by atoms with E-state index in [0.29, 0.717) is 6.04 Å². The molecule has 2 rings (SSSR count). The zero-order valence-electron chi connectivity index (χ0n) is 11.6. The van der Waals surface area contributed by atoms with Crippen LogP contribution in [0.5, 0.6) is 0 Å². The molecule has 0 aliphatic heterocycles. The van der Waals surface area contributed by atoms with Gasteiger partial charge in [0.1, 0.15) is 0 Å². The Kier molecular flexibility index (Phi) is 4.97. The van der Waals surface area contributed by atoms with Crippen molar-refractivity contribution in [1.82, 2.24) is 4.90 Å². The minimum atomic E-state index is -0.716. The number of carbonyl (C=O) groups is 1. The predicted octanol–water partition coefficient (Wildman–Crippen LogP) is 2.95. The molecule has 0 heterocycles. The van der Waals surface area contributed by atoms with Gasteiger partial charge in [-0.15, -0.1) is 0 Å². The topological polar surface area (TPSA) is 40.5 Å². The SMILES string of the molecule is CC(Cc1ccccc1)N(CC(=O)O)C1CCCC1. The molecule has 0 saturated heterocycles. The lowest BCUT2D eigenvalue weighted by molar-refractivity contribution is -0.139. The van der Waals surface area contributed by atoms with Crippen LogP contribution in [0.15, 0.2) is 30.3 Å². The molecule has 1 fully saturated rings. The minimum absolute atomic E-state index is 0.165. The van der Waals surface area contributed by atoms with Crippen molar-refractivity contribution in [2.24, 2.45) is 0 Å². The molecule has 1 aromatic rings. The number of carboxylic acid groups (broad SMARTS) is 1. The Morgan fingerprint density at radius 3 is 2.53 bits per heavy atom. The largest absolute Gasteiger partial charge is 0.480 e. The summed E-state index contributed by atoms with van der Waals surface area (Å²) in [5.74, 6) is -0.716. The minimum Gasteiger partial charge on any atom is -0.480 e. The van der Waals surface area contributed by atoms with E-state index >= 15 is 0 Å². The molecule has 1 aliphatic carbocycles. The van der Waals surface area contributed by atoms with E-state index in [0.717, 1.165) is 19.3 Å². The molecule has 104 valence electrons. The van der Waals surface area contributed by atoms with E-state index in [1.807, 2.05) is 18.2 Å². The molecule has 0 bridgehead atoms. The highest BCUT2D eigenvalue weighted by atomic mass is 16.4. The molecule has 1 unspecified atom stereocenters. The third kappa shape index (κ3) is 4.06. The highest BCUT2D eigenvalue weighted by molar-refractivity contribution is 5.69. The van der Waals surface area contributed by atoms with Gasteiger partial charge in [0.2, 0.25) is 0 Å². The van der Waals surface area contributed by atoms with Gasteiger partial charge in [0, 0.05) is 12.1 Å². The van der Waals surface area contributed by atoms with Crippen molar-refractivity contribution in [2.75, 3.05) is 6.54 Å². The third-order valence-electron chi connectivity index (χ3n) is 4.05. The molecular formula is C16H23NO2. The Balaban J connectivity index is 2.02. The number of nitrogens with zero attached hydrogens (tertiary/aromatic N) is 1. The highest BCUT2D eigenvalue weighted by Crippen LogP contribution is 2.25. The van der Waals surface area contributed by atoms with Crippen LogP contribution in [0.4, 0.5) is 0 Å². The lowest BCUT2D eigenvalue weighted by Gasteiger charge is -2.33. The van der Waals surface area contributed by atoms with Gasteiger partial charge in [-0.2, -0.15) is 0 Å². The molecule has 0 amide bonds. The van der Waals surface area contributed by atoms with Crippen LogP contribution < -0.4 is 0 Å². The summed E-state index contributed by atoms with van der Waals surface area (Å²) in [5, 5.41) is 9.12. The summed E-state index contributed by atoms with van der Waals surface area (Å²) in [6.07, 6.45) is 5.68. The maximum atomic E-state index is 11.1. The smallest absolute Gasteiger partial charge is 0.317 e. The highest BCUT2D eigenvalue weighted by Gasteiger charge is 2.27. The second-order valence-electron chi connectivity index (χ2n) is 5.54. The van der Waals surface area contributed by atoms with Gasteiger partial charge >= 0.3 is 5.97 Å². The fourth-order valence-corrected chi connectivity index (χ4v) is 3.11. The normalized spacial score (nSPS) is 17.8. The van der Waals surface area contributed by atoms with Crippen LogP contribution in [0.1, 0.15) is 38.2 Å². The van der Waals surface area contributed by atoms with Crippen molar-refractivity contribution in [3.05, 3.63) is 35.9 Å². The maximum Gasteiger partial charge on any atom is 0.317 e. The van der Waals surface area contributed by atoms with E-state index in [4.69, 9.17) is 5.11 Å². The van der Waals surface area contributed by atoms with Crippen LogP contribution in [-0.2, 0) is 11.2 Å². The van der Waals surface area contributed by atoms with E-state index in [-0.39, 0.29) is 12.6 Å². The van der Waals surface area contributed by atoms with Gasteiger partial charge in [0.15, 0.2) is 0 Å².